The molecular weight excluding hydrogens is 425 g/mol. The summed E-state index contributed by atoms with van der Waals surface area (Å²) in [5.74, 6) is -0.400. The monoisotopic (exact) mass is 436 g/mol. The van der Waals surface area contributed by atoms with Gasteiger partial charge in [0.2, 0.25) is 0 Å². The van der Waals surface area contributed by atoms with Gasteiger partial charge in [0.05, 0.1) is 5.69 Å². The van der Waals surface area contributed by atoms with Crippen LogP contribution in [-0.4, -0.2) is 20.9 Å². The molecule has 3 aromatic heterocycles. The molecule has 0 radical (unpaired) electrons. The zero-order valence-corrected chi connectivity index (χ0v) is 15.3. The lowest BCUT2D eigenvalue weighted by Crippen LogP contribution is -2.24. The molecule has 3 rings (SSSR count). The van der Waals surface area contributed by atoms with Gasteiger partial charge in [-0.2, -0.15) is 13.2 Å². The number of alkyl halides is 3. The Bertz CT molecular complexity index is 961. The van der Waals surface area contributed by atoms with Crippen LogP contribution >= 0.6 is 15.9 Å². The van der Waals surface area contributed by atoms with Crippen molar-refractivity contribution in [3.05, 3.63) is 76.4 Å². The van der Waals surface area contributed by atoms with E-state index in [1.54, 1.807) is 24.3 Å². The third-order valence-corrected chi connectivity index (χ3v) is 4.08. The number of amides is 1. The van der Waals surface area contributed by atoms with Gasteiger partial charge in [-0.05, 0) is 51.8 Å². The molecular formula is C18H12BrF3N4O. The molecule has 0 atom stereocenters. The zero-order chi connectivity index (χ0) is 19.4. The summed E-state index contributed by atoms with van der Waals surface area (Å²) in [5.41, 5.74) is 0.410. The number of pyridine rings is 3. The van der Waals surface area contributed by atoms with Crippen LogP contribution in [0.25, 0.3) is 11.3 Å². The fourth-order valence-corrected chi connectivity index (χ4v) is 2.58. The van der Waals surface area contributed by atoms with Crippen LogP contribution in [0.3, 0.4) is 0 Å². The van der Waals surface area contributed by atoms with E-state index in [0.717, 1.165) is 16.7 Å². The molecule has 0 spiro atoms. The average molecular weight is 437 g/mol. The first-order valence-corrected chi connectivity index (χ1v) is 8.51. The number of nitrogens with one attached hydrogen (secondary N) is 1. The van der Waals surface area contributed by atoms with Gasteiger partial charge in [0.25, 0.3) is 5.91 Å². The van der Waals surface area contributed by atoms with Gasteiger partial charge in [-0.25, -0.2) is 4.98 Å². The molecule has 0 unspecified atom stereocenters. The molecule has 1 amide bonds. The number of rotatable bonds is 4. The Labute approximate surface area is 160 Å². The predicted octanol–water partition coefficient (Wildman–Crippen LogP) is 4.25. The molecule has 3 aromatic rings. The van der Waals surface area contributed by atoms with E-state index < -0.39 is 17.8 Å². The Hall–Kier alpha value is -2.81. The standard InChI is InChI=1S/C18H12BrF3N4O/c19-13-3-4-14(25-10-13)17(27)26-9-12-2-1-6-24-16(12)11-5-7-23-15(8-11)18(20,21)22/h1-8,10H,9H2,(H,26,27). The smallest absolute Gasteiger partial charge is 0.347 e. The van der Waals surface area contributed by atoms with Gasteiger partial charge in [-0.3, -0.25) is 14.8 Å². The number of nitrogens with zero attached hydrogens (tertiary/aromatic N) is 3. The van der Waals surface area contributed by atoms with Crippen LogP contribution in [0.4, 0.5) is 13.2 Å². The highest BCUT2D eigenvalue weighted by molar-refractivity contribution is 9.10. The molecule has 0 aromatic carbocycles. The molecule has 3 heterocycles. The highest BCUT2D eigenvalue weighted by atomic mass is 79.9. The first-order chi connectivity index (χ1) is 12.8. The number of carbonyl (C=O) groups excluding carboxylic acids is 1. The van der Waals surface area contributed by atoms with Crippen molar-refractivity contribution < 1.29 is 18.0 Å². The first kappa shape index (κ1) is 19.0. The molecule has 0 aliphatic rings. The minimum Gasteiger partial charge on any atom is -0.347 e. The Morgan fingerprint density at radius 1 is 1.07 bits per heavy atom. The van der Waals surface area contributed by atoms with E-state index in [4.69, 9.17) is 0 Å². The molecule has 5 nitrogen and oxygen atoms in total. The summed E-state index contributed by atoms with van der Waals surface area (Å²) in [6.07, 6.45) is -0.488. The zero-order valence-electron chi connectivity index (χ0n) is 13.7. The van der Waals surface area contributed by atoms with E-state index in [0.29, 0.717) is 11.3 Å². The first-order valence-electron chi connectivity index (χ1n) is 7.72. The Kier molecular flexibility index (Phi) is 5.50. The van der Waals surface area contributed by atoms with Crippen molar-refractivity contribution in [1.82, 2.24) is 20.3 Å². The second kappa shape index (κ2) is 7.83. The molecule has 0 saturated heterocycles. The second-order valence-corrected chi connectivity index (χ2v) is 6.40. The molecule has 138 valence electrons. The average Bonchev–Trinajstić information content (AvgIpc) is 2.66. The molecule has 0 bridgehead atoms. The van der Waals surface area contributed by atoms with Crippen LogP contribution in [0.1, 0.15) is 21.7 Å². The Balaban J connectivity index is 1.82. The lowest BCUT2D eigenvalue weighted by atomic mass is 10.1. The van der Waals surface area contributed by atoms with Crippen molar-refractivity contribution in [2.75, 3.05) is 0 Å². The summed E-state index contributed by atoms with van der Waals surface area (Å²) in [6, 6.07) is 8.96. The second-order valence-electron chi connectivity index (χ2n) is 5.48. The van der Waals surface area contributed by atoms with Gasteiger partial charge in [-0.1, -0.05) is 6.07 Å². The van der Waals surface area contributed by atoms with E-state index in [-0.39, 0.29) is 17.8 Å². The maximum Gasteiger partial charge on any atom is 0.433 e. The van der Waals surface area contributed by atoms with Crippen molar-refractivity contribution in [1.29, 1.82) is 0 Å². The van der Waals surface area contributed by atoms with E-state index in [9.17, 15) is 18.0 Å². The fraction of sp³-hybridized carbons (Fsp3) is 0.111. The number of hydrogen-bond acceptors (Lipinski definition) is 4. The lowest BCUT2D eigenvalue weighted by molar-refractivity contribution is -0.141. The highest BCUT2D eigenvalue weighted by Crippen LogP contribution is 2.30. The third-order valence-electron chi connectivity index (χ3n) is 3.61. The number of hydrogen-bond donors (Lipinski definition) is 1. The number of halogens is 4. The van der Waals surface area contributed by atoms with Gasteiger partial charge in [-0.15, -0.1) is 0 Å². The molecule has 0 aliphatic heterocycles. The van der Waals surface area contributed by atoms with E-state index in [2.05, 4.69) is 36.2 Å². The van der Waals surface area contributed by atoms with Crippen LogP contribution in [-0.2, 0) is 12.7 Å². The van der Waals surface area contributed by atoms with Gasteiger partial charge < -0.3 is 5.32 Å². The summed E-state index contributed by atoms with van der Waals surface area (Å²) >= 11 is 3.24. The molecule has 9 heteroatoms. The summed E-state index contributed by atoms with van der Waals surface area (Å²) in [4.78, 5) is 23.7. The minimum atomic E-state index is -4.55. The van der Waals surface area contributed by atoms with Crippen molar-refractivity contribution in [2.45, 2.75) is 12.7 Å². The van der Waals surface area contributed by atoms with E-state index in [1.165, 1.54) is 18.5 Å². The SMILES string of the molecule is O=C(NCc1cccnc1-c1ccnc(C(F)(F)F)c1)c1ccc(Br)cn1. The van der Waals surface area contributed by atoms with Crippen molar-refractivity contribution in [3.63, 3.8) is 0 Å². The van der Waals surface area contributed by atoms with Gasteiger partial charge in [0.15, 0.2) is 0 Å². The molecule has 1 N–H and O–H groups in total. The summed E-state index contributed by atoms with van der Waals surface area (Å²) in [7, 11) is 0. The largest absolute Gasteiger partial charge is 0.433 e. The fourth-order valence-electron chi connectivity index (χ4n) is 2.35. The maximum atomic E-state index is 12.9. The van der Waals surface area contributed by atoms with E-state index in [1.807, 2.05) is 0 Å². The maximum absolute atomic E-state index is 12.9. The summed E-state index contributed by atoms with van der Waals surface area (Å²) in [5, 5.41) is 2.70. The van der Waals surface area contributed by atoms with Gasteiger partial charge in [0, 0.05) is 35.2 Å². The highest BCUT2D eigenvalue weighted by Gasteiger charge is 2.32. The molecule has 0 fully saturated rings. The third kappa shape index (κ3) is 4.68. The molecule has 0 saturated carbocycles. The number of aromatic nitrogens is 3. The van der Waals surface area contributed by atoms with Crippen molar-refractivity contribution in [3.8, 4) is 11.3 Å². The normalized spacial score (nSPS) is 11.3. The van der Waals surface area contributed by atoms with Crippen molar-refractivity contribution in [2.24, 2.45) is 0 Å². The van der Waals surface area contributed by atoms with Crippen LogP contribution in [0, 0.1) is 0 Å². The van der Waals surface area contributed by atoms with Gasteiger partial charge in [0.1, 0.15) is 11.4 Å². The molecule has 0 aliphatic carbocycles. The topological polar surface area (TPSA) is 67.8 Å². The quantitative estimate of drug-likeness (QED) is 0.663. The van der Waals surface area contributed by atoms with Crippen LogP contribution in [0.15, 0.2) is 59.5 Å². The predicted molar refractivity (Wildman–Crippen MR) is 95.6 cm³/mol. The Morgan fingerprint density at radius 2 is 1.89 bits per heavy atom. The molecule has 27 heavy (non-hydrogen) atoms. The van der Waals surface area contributed by atoms with Crippen LogP contribution in [0.2, 0.25) is 0 Å². The van der Waals surface area contributed by atoms with Crippen LogP contribution < -0.4 is 5.32 Å². The Morgan fingerprint density at radius 3 is 2.59 bits per heavy atom. The minimum absolute atomic E-state index is 0.0867. The van der Waals surface area contributed by atoms with E-state index >= 15 is 0 Å². The number of carbonyl (C=O) groups is 1. The van der Waals surface area contributed by atoms with Gasteiger partial charge >= 0.3 is 6.18 Å². The summed E-state index contributed by atoms with van der Waals surface area (Å²) in [6.45, 7) is 0.0867. The van der Waals surface area contributed by atoms with Crippen molar-refractivity contribution >= 4 is 21.8 Å². The lowest BCUT2D eigenvalue weighted by Gasteiger charge is -2.11. The summed E-state index contributed by atoms with van der Waals surface area (Å²) < 4.78 is 39.5. The van der Waals surface area contributed by atoms with Crippen LogP contribution in [0.5, 0.6) is 0 Å².